The number of para-hydroxylation sites is 2. The first-order valence-electron chi connectivity index (χ1n) is 6.16. The first kappa shape index (κ1) is 15.2. The van der Waals surface area contributed by atoms with E-state index in [1.807, 2.05) is 0 Å². The second kappa shape index (κ2) is 6.06. The largest absolute Gasteiger partial charge is 0.507 e. The lowest BCUT2D eigenvalue weighted by molar-refractivity contribution is 0.0612. The molecular weight excluding hydrogens is 288 g/mol. The fraction of sp³-hybridized carbons (Fsp3) is 0. The smallest absolute Gasteiger partial charge is 0.278 e. The van der Waals surface area contributed by atoms with Crippen LogP contribution in [-0.2, 0) is 0 Å². The van der Waals surface area contributed by atoms with Gasteiger partial charge in [0.05, 0.1) is 16.7 Å². The summed E-state index contributed by atoms with van der Waals surface area (Å²) in [5.41, 5.74) is -0.561. The molecule has 2 amide bonds. The summed E-state index contributed by atoms with van der Waals surface area (Å²) in [6, 6.07) is 9.48. The van der Waals surface area contributed by atoms with E-state index in [0.29, 0.717) is 6.29 Å². The average Bonchev–Trinajstić information content (AvgIpc) is 2.53. The SMILES string of the molecule is NN(C(=O)c1ccccc1O)C(=O)c1cccc(C=O)c1O. The zero-order chi connectivity index (χ0) is 16.3. The molecule has 22 heavy (non-hydrogen) atoms. The van der Waals surface area contributed by atoms with Crippen molar-refractivity contribution in [3.63, 3.8) is 0 Å². The van der Waals surface area contributed by atoms with Gasteiger partial charge in [-0.05, 0) is 24.3 Å². The van der Waals surface area contributed by atoms with Crippen LogP contribution in [0.5, 0.6) is 11.5 Å². The summed E-state index contributed by atoms with van der Waals surface area (Å²) in [6.45, 7) is 0. The van der Waals surface area contributed by atoms with Crippen molar-refractivity contribution in [2.24, 2.45) is 5.84 Å². The van der Waals surface area contributed by atoms with Crippen LogP contribution in [0.1, 0.15) is 31.1 Å². The number of nitrogens with zero attached hydrogens (tertiary/aromatic N) is 1. The van der Waals surface area contributed by atoms with Crippen molar-refractivity contribution in [3.8, 4) is 11.5 Å². The molecule has 0 saturated heterocycles. The van der Waals surface area contributed by atoms with Gasteiger partial charge in [-0.15, -0.1) is 0 Å². The van der Waals surface area contributed by atoms with Gasteiger partial charge in [-0.3, -0.25) is 14.4 Å². The first-order chi connectivity index (χ1) is 10.5. The minimum Gasteiger partial charge on any atom is -0.507 e. The number of imide groups is 1. The Bertz CT molecular complexity index is 757. The molecule has 0 aromatic heterocycles. The summed E-state index contributed by atoms with van der Waals surface area (Å²) >= 11 is 0. The predicted molar refractivity (Wildman–Crippen MR) is 76.3 cm³/mol. The predicted octanol–water partition coefficient (Wildman–Crippen LogP) is 1.07. The molecule has 0 atom stereocenters. The van der Waals surface area contributed by atoms with Crippen LogP contribution < -0.4 is 5.84 Å². The molecule has 0 spiro atoms. The number of hydrazine groups is 1. The van der Waals surface area contributed by atoms with E-state index in [-0.39, 0.29) is 27.4 Å². The fourth-order valence-electron chi connectivity index (χ4n) is 1.84. The van der Waals surface area contributed by atoms with Crippen molar-refractivity contribution in [1.82, 2.24) is 5.01 Å². The van der Waals surface area contributed by atoms with Gasteiger partial charge in [-0.25, -0.2) is 10.9 Å². The van der Waals surface area contributed by atoms with Crippen LogP contribution in [0.3, 0.4) is 0 Å². The number of benzene rings is 2. The third-order valence-electron chi connectivity index (χ3n) is 3.00. The van der Waals surface area contributed by atoms with Crippen molar-refractivity contribution >= 4 is 18.1 Å². The summed E-state index contributed by atoms with van der Waals surface area (Å²) < 4.78 is 0. The van der Waals surface area contributed by atoms with Gasteiger partial charge >= 0.3 is 0 Å². The maximum absolute atomic E-state index is 12.2. The Balaban J connectivity index is 2.36. The fourth-order valence-corrected chi connectivity index (χ4v) is 1.84. The summed E-state index contributed by atoms with van der Waals surface area (Å²) in [4.78, 5) is 35.1. The van der Waals surface area contributed by atoms with Crippen LogP contribution in [0.25, 0.3) is 0 Å². The highest BCUT2D eigenvalue weighted by Gasteiger charge is 2.25. The molecule has 0 unspecified atom stereocenters. The van der Waals surface area contributed by atoms with Crippen LogP contribution in [0, 0.1) is 0 Å². The maximum atomic E-state index is 12.2. The number of aldehydes is 1. The van der Waals surface area contributed by atoms with E-state index in [4.69, 9.17) is 5.84 Å². The highest BCUT2D eigenvalue weighted by Crippen LogP contribution is 2.23. The molecule has 2 aromatic carbocycles. The molecule has 0 bridgehead atoms. The van der Waals surface area contributed by atoms with E-state index in [9.17, 15) is 24.6 Å². The number of rotatable bonds is 3. The van der Waals surface area contributed by atoms with Gasteiger partial charge in [0.15, 0.2) is 6.29 Å². The van der Waals surface area contributed by atoms with E-state index in [1.165, 1.54) is 42.5 Å². The van der Waals surface area contributed by atoms with Crippen molar-refractivity contribution < 1.29 is 24.6 Å². The Morgan fingerprint density at radius 3 is 2.18 bits per heavy atom. The van der Waals surface area contributed by atoms with Gasteiger partial charge < -0.3 is 10.2 Å². The third kappa shape index (κ3) is 2.65. The molecule has 0 fully saturated rings. The summed E-state index contributed by atoms with van der Waals surface area (Å²) in [5.74, 6) is 2.63. The van der Waals surface area contributed by atoms with Gasteiger partial charge in [-0.2, -0.15) is 0 Å². The Hall–Kier alpha value is -3.19. The Morgan fingerprint density at radius 2 is 1.55 bits per heavy atom. The third-order valence-corrected chi connectivity index (χ3v) is 3.00. The van der Waals surface area contributed by atoms with Crippen molar-refractivity contribution in [1.29, 1.82) is 0 Å². The Morgan fingerprint density at radius 1 is 0.955 bits per heavy atom. The monoisotopic (exact) mass is 300 g/mol. The zero-order valence-corrected chi connectivity index (χ0v) is 11.3. The lowest BCUT2D eigenvalue weighted by Crippen LogP contribution is -2.42. The number of phenolic OH excluding ortho intramolecular Hbond substituents is 2. The topological polar surface area (TPSA) is 121 Å². The number of hydrogen-bond acceptors (Lipinski definition) is 6. The van der Waals surface area contributed by atoms with Crippen molar-refractivity contribution in [3.05, 3.63) is 59.2 Å². The molecule has 2 aromatic rings. The quantitative estimate of drug-likeness (QED) is 0.256. The number of nitrogens with two attached hydrogens (primary N) is 1. The Labute approximate surface area is 125 Å². The van der Waals surface area contributed by atoms with Crippen LogP contribution in [-0.4, -0.2) is 33.3 Å². The van der Waals surface area contributed by atoms with Gasteiger partial charge in [0.25, 0.3) is 11.8 Å². The van der Waals surface area contributed by atoms with Gasteiger partial charge in [0.2, 0.25) is 0 Å². The minimum atomic E-state index is -1.01. The first-order valence-corrected chi connectivity index (χ1v) is 6.16. The molecule has 7 nitrogen and oxygen atoms in total. The molecular formula is C15H12N2O5. The van der Waals surface area contributed by atoms with Gasteiger partial charge in [0, 0.05) is 0 Å². The second-order valence-corrected chi connectivity index (χ2v) is 4.36. The molecule has 2 rings (SSSR count). The molecule has 4 N–H and O–H groups in total. The van der Waals surface area contributed by atoms with Gasteiger partial charge in [-0.1, -0.05) is 18.2 Å². The molecule has 112 valence electrons. The molecule has 0 radical (unpaired) electrons. The summed E-state index contributed by atoms with van der Waals surface area (Å²) in [5, 5.41) is 19.7. The van der Waals surface area contributed by atoms with E-state index >= 15 is 0 Å². The summed E-state index contributed by atoms with van der Waals surface area (Å²) in [7, 11) is 0. The van der Waals surface area contributed by atoms with Crippen LogP contribution in [0.15, 0.2) is 42.5 Å². The molecule has 0 aliphatic heterocycles. The number of hydrogen-bond donors (Lipinski definition) is 3. The molecule has 0 saturated carbocycles. The van der Waals surface area contributed by atoms with Crippen LogP contribution in [0.4, 0.5) is 0 Å². The van der Waals surface area contributed by atoms with E-state index in [1.54, 1.807) is 0 Å². The number of carbonyl (C=O) groups is 3. The van der Waals surface area contributed by atoms with Crippen molar-refractivity contribution in [2.45, 2.75) is 0 Å². The normalized spacial score (nSPS) is 10.0. The van der Waals surface area contributed by atoms with Crippen LogP contribution >= 0.6 is 0 Å². The number of phenols is 2. The standard InChI is InChI=1S/C15H12N2O5/c16-17(14(21)10-5-1-2-7-12(10)19)15(22)11-6-3-4-9(8-18)13(11)20/h1-8,19-20H,16H2. The molecule has 7 heteroatoms. The van der Waals surface area contributed by atoms with E-state index in [2.05, 4.69) is 0 Å². The summed E-state index contributed by atoms with van der Waals surface area (Å²) in [6.07, 6.45) is 0.373. The maximum Gasteiger partial charge on any atom is 0.278 e. The zero-order valence-electron chi connectivity index (χ0n) is 11.3. The van der Waals surface area contributed by atoms with Crippen molar-refractivity contribution in [2.75, 3.05) is 0 Å². The number of amides is 2. The number of aromatic hydroxyl groups is 2. The second-order valence-electron chi connectivity index (χ2n) is 4.36. The molecule has 0 aliphatic rings. The van der Waals surface area contributed by atoms with Gasteiger partial charge in [0.1, 0.15) is 11.5 Å². The molecule has 0 heterocycles. The van der Waals surface area contributed by atoms with E-state index in [0.717, 1.165) is 0 Å². The molecule has 0 aliphatic carbocycles. The van der Waals surface area contributed by atoms with E-state index < -0.39 is 17.6 Å². The Kier molecular flexibility index (Phi) is 4.19. The lowest BCUT2D eigenvalue weighted by atomic mass is 10.1. The highest BCUT2D eigenvalue weighted by molar-refractivity contribution is 6.12. The van der Waals surface area contributed by atoms with Crippen LogP contribution in [0.2, 0.25) is 0 Å². The lowest BCUT2D eigenvalue weighted by Gasteiger charge is -2.16. The number of carbonyl (C=O) groups excluding carboxylic acids is 3. The average molecular weight is 300 g/mol. The minimum absolute atomic E-state index is 0.103. The highest BCUT2D eigenvalue weighted by atomic mass is 16.3.